The number of nitrogens with zero attached hydrogens (tertiary/aromatic N) is 1. The van der Waals surface area contributed by atoms with E-state index in [2.05, 4.69) is 57.5 Å². The lowest BCUT2D eigenvalue weighted by Gasteiger charge is -2.16. The van der Waals surface area contributed by atoms with Gasteiger partial charge in [-0.2, -0.15) is 0 Å². The van der Waals surface area contributed by atoms with Gasteiger partial charge in [0.1, 0.15) is 0 Å². The van der Waals surface area contributed by atoms with E-state index in [1.165, 1.54) is 10.4 Å². The number of thiophene rings is 1. The minimum absolute atomic E-state index is 0.787. The molecule has 90 valence electrons. The summed E-state index contributed by atoms with van der Waals surface area (Å²) in [6.45, 7) is 1.91. The summed E-state index contributed by atoms with van der Waals surface area (Å²) in [5.74, 6) is 0. The van der Waals surface area contributed by atoms with Crippen LogP contribution in [0.1, 0.15) is 10.4 Å². The summed E-state index contributed by atoms with van der Waals surface area (Å²) < 4.78 is 0.972. The lowest BCUT2D eigenvalue weighted by atomic mass is 10.2. The Labute approximate surface area is 114 Å². The third-order valence-electron chi connectivity index (χ3n) is 2.52. The second-order valence-corrected chi connectivity index (χ2v) is 5.99. The van der Waals surface area contributed by atoms with E-state index in [4.69, 9.17) is 5.73 Å². The quantitative estimate of drug-likeness (QED) is 0.872. The molecule has 0 aliphatic carbocycles. The summed E-state index contributed by atoms with van der Waals surface area (Å²) in [6.07, 6.45) is 0. The molecule has 4 heteroatoms. The highest BCUT2D eigenvalue weighted by atomic mass is 79.9. The molecule has 0 fully saturated rings. The molecule has 1 aromatic carbocycles. The van der Waals surface area contributed by atoms with Crippen molar-refractivity contribution in [3.63, 3.8) is 0 Å². The predicted molar refractivity (Wildman–Crippen MR) is 78.0 cm³/mol. The van der Waals surface area contributed by atoms with Crippen molar-refractivity contribution in [3.05, 3.63) is 50.6 Å². The van der Waals surface area contributed by atoms with Crippen molar-refractivity contribution in [1.82, 2.24) is 4.90 Å². The zero-order valence-corrected chi connectivity index (χ0v) is 12.1. The first-order valence-electron chi connectivity index (χ1n) is 5.40. The maximum absolute atomic E-state index is 5.77. The number of anilines is 1. The highest BCUT2D eigenvalue weighted by molar-refractivity contribution is 9.10. The number of halogens is 1. The number of nitrogen functional groups attached to an aromatic ring is 1. The van der Waals surface area contributed by atoms with Crippen LogP contribution in [0, 0.1) is 0 Å². The first-order chi connectivity index (χ1) is 8.15. The summed E-state index contributed by atoms with van der Waals surface area (Å²) in [4.78, 5) is 3.69. The van der Waals surface area contributed by atoms with Crippen molar-refractivity contribution in [3.8, 4) is 0 Å². The van der Waals surface area contributed by atoms with Gasteiger partial charge in [0.05, 0.1) is 0 Å². The molecule has 2 nitrogen and oxygen atoms in total. The lowest BCUT2D eigenvalue weighted by molar-refractivity contribution is 0.322. The maximum Gasteiger partial charge on any atom is 0.0458 e. The third-order valence-corrected chi connectivity index (χ3v) is 4.07. The molecule has 0 amide bonds. The van der Waals surface area contributed by atoms with Gasteiger partial charge >= 0.3 is 0 Å². The van der Waals surface area contributed by atoms with Gasteiger partial charge < -0.3 is 5.73 Å². The van der Waals surface area contributed by atoms with Gasteiger partial charge in [-0.3, -0.25) is 4.90 Å². The van der Waals surface area contributed by atoms with E-state index in [1.54, 1.807) is 11.3 Å². The summed E-state index contributed by atoms with van der Waals surface area (Å²) in [6, 6.07) is 10.4. The molecule has 17 heavy (non-hydrogen) atoms. The van der Waals surface area contributed by atoms with E-state index in [1.807, 2.05) is 6.07 Å². The molecule has 1 aromatic heterocycles. The Kier molecular flexibility index (Phi) is 4.20. The molecular formula is C13H15BrN2S. The SMILES string of the molecule is CN(Cc1ccc(N)c(Br)c1)Cc1cccs1. The number of hydrogen-bond acceptors (Lipinski definition) is 3. The van der Waals surface area contributed by atoms with Gasteiger partial charge in [0.15, 0.2) is 0 Å². The molecule has 0 atom stereocenters. The average Bonchev–Trinajstić information content (AvgIpc) is 2.76. The third kappa shape index (κ3) is 3.56. The fourth-order valence-corrected chi connectivity index (χ4v) is 2.92. The van der Waals surface area contributed by atoms with Crippen LogP contribution < -0.4 is 5.73 Å². The zero-order valence-electron chi connectivity index (χ0n) is 9.69. The fourth-order valence-electron chi connectivity index (χ4n) is 1.71. The summed E-state index contributed by atoms with van der Waals surface area (Å²) in [5.41, 5.74) is 7.83. The van der Waals surface area contributed by atoms with Gasteiger partial charge in [0.25, 0.3) is 0 Å². The van der Waals surface area contributed by atoms with Crippen molar-refractivity contribution < 1.29 is 0 Å². The van der Waals surface area contributed by atoms with E-state index < -0.39 is 0 Å². The molecule has 0 unspecified atom stereocenters. The molecule has 0 bridgehead atoms. The normalized spacial score (nSPS) is 11.0. The van der Waals surface area contributed by atoms with Crippen molar-refractivity contribution >= 4 is 33.0 Å². The van der Waals surface area contributed by atoms with Gasteiger partial charge in [0.2, 0.25) is 0 Å². The Morgan fingerprint density at radius 3 is 2.76 bits per heavy atom. The second-order valence-electron chi connectivity index (χ2n) is 4.11. The Morgan fingerprint density at radius 2 is 2.12 bits per heavy atom. The zero-order chi connectivity index (χ0) is 12.3. The van der Waals surface area contributed by atoms with Crippen molar-refractivity contribution in [2.45, 2.75) is 13.1 Å². The largest absolute Gasteiger partial charge is 0.398 e. The van der Waals surface area contributed by atoms with Crippen LogP contribution in [0.4, 0.5) is 5.69 Å². The Balaban J connectivity index is 1.98. The molecular weight excluding hydrogens is 296 g/mol. The molecule has 0 aliphatic rings. The molecule has 2 rings (SSSR count). The van der Waals surface area contributed by atoms with Crippen molar-refractivity contribution in [1.29, 1.82) is 0 Å². The molecule has 0 spiro atoms. The van der Waals surface area contributed by atoms with Gasteiger partial charge in [0, 0.05) is 28.1 Å². The summed E-state index contributed by atoms with van der Waals surface area (Å²) in [7, 11) is 2.13. The maximum atomic E-state index is 5.77. The minimum atomic E-state index is 0.787. The van der Waals surface area contributed by atoms with Crippen LogP contribution >= 0.6 is 27.3 Å². The van der Waals surface area contributed by atoms with Crippen LogP contribution in [0.25, 0.3) is 0 Å². The standard InChI is InChI=1S/C13H15BrN2S/c1-16(9-11-3-2-6-17-11)8-10-4-5-13(15)12(14)7-10/h2-7H,8-9,15H2,1H3. The van der Waals surface area contributed by atoms with Gasteiger partial charge in [-0.25, -0.2) is 0 Å². The Bertz CT molecular complexity index is 482. The van der Waals surface area contributed by atoms with Crippen molar-refractivity contribution in [2.75, 3.05) is 12.8 Å². The molecule has 0 aliphatic heterocycles. The van der Waals surface area contributed by atoms with Gasteiger partial charge in [-0.15, -0.1) is 11.3 Å². The van der Waals surface area contributed by atoms with E-state index >= 15 is 0 Å². The second kappa shape index (κ2) is 5.67. The van der Waals surface area contributed by atoms with Crippen LogP contribution in [0.5, 0.6) is 0 Å². The van der Waals surface area contributed by atoms with Crippen molar-refractivity contribution in [2.24, 2.45) is 0 Å². The van der Waals surface area contributed by atoms with Crippen LogP contribution in [0.2, 0.25) is 0 Å². The van der Waals surface area contributed by atoms with Gasteiger partial charge in [-0.1, -0.05) is 12.1 Å². The molecule has 0 saturated heterocycles. The van der Waals surface area contributed by atoms with Crippen LogP contribution in [-0.4, -0.2) is 11.9 Å². The molecule has 2 N–H and O–H groups in total. The highest BCUT2D eigenvalue weighted by Gasteiger charge is 2.04. The number of hydrogen-bond donors (Lipinski definition) is 1. The van der Waals surface area contributed by atoms with E-state index in [0.717, 1.165) is 23.2 Å². The monoisotopic (exact) mass is 310 g/mol. The molecule has 0 saturated carbocycles. The highest BCUT2D eigenvalue weighted by Crippen LogP contribution is 2.21. The first kappa shape index (κ1) is 12.6. The first-order valence-corrected chi connectivity index (χ1v) is 7.07. The van der Waals surface area contributed by atoms with E-state index in [-0.39, 0.29) is 0 Å². The molecule has 1 heterocycles. The van der Waals surface area contributed by atoms with Gasteiger partial charge in [-0.05, 0) is 52.1 Å². The number of benzene rings is 1. The Morgan fingerprint density at radius 1 is 1.29 bits per heavy atom. The van der Waals surface area contributed by atoms with Crippen LogP contribution in [-0.2, 0) is 13.1 Å². The van der Waals surface area contributed by atoms with Crippen LogP contribution in [0.3, 0.4) is 0 Å². The summed E-state index contributed by atoms with van der Waals surface area (Å²) in [5, 5.41) is 2.11. The summed E-state index contributed by atoms with van der Waals surface area (Å²) >= 11 is 5.25. The topological polar surface area (TPSA) is 29.3 Å². The minimum Gasteiger partial charge on any atom is -0.398 e. The number of rotatable bonds is 4. The van der Waals surface area contributed by atoms with E-state index in [9.17, 15) is 0 Å². The average molecular weight is 311 g/mol. The predicted octanol–water partition coefficient (Wildman–Crippen LogP) is 3.72. The smallest absolute Gasteiger partial charge is 0.0458 e. The van der Waals surface area contributed by atoms with Crippen LogP contribution in [0.15, 0.2) is 40.2 Å². The molecule has 0 radical (unpaired) electrons. The lowest BCUT2D eigenvalue weighted by Crippen LogP contribution is -2.16. The molecule has 2 aromatic rings. The fraction of sp³-hybridized carbons (Fsp3) is 0.231. The Hall–Kier alpha value is -0.840. The van der Waals surface area contributed by atoms with E-state index in [0.29, 0.717) is 0 Å². The number of nitrogens with two attached hydrogens (primary N) is 1.